The first-order valence-electron chi connectivity index (χ1n) is 5.37. The highest BCUT2D eigenvalue weighted by Gasteiger charge is 2.11. The summed E-state index contributed by atoms with van der Waals surface area (Å²) in [5.74, 6) is 0.903. The summed E-state index contributed by atoms with van der Waals surface area (Å²) in [7, 11) is 1.67. The first-order chi connectivity index (χ1) is 7.78. The van der Waals surface area contributed by atoms with Gasteiger partial charge in [0.05, 0.1) is 0 Å². The molecule has 1 heterocycles. The quantitative estimate of drug-likeness (QED) is 0.839. The Hall–Kier alpha value is -1.61. The van der Waals surface area contributed by atoms with Gasteiger partial charge in [-0.3, -0.25) is 0 Å². The molecular formula is C13H16N2O. The lowest BCUT2D eigenvalue weighted by atomic mass is 10.1. The Kier molecular flexibility index (Phi) is 3.37. The Balaban J connectivity index is 2.08. The van der Waals surface area contributed by atoms with Crippen molar-refractivity contribution < 1.29 is 4.74 Å². The molecule has 1 aromatic rings. The minimum absolute atomic E-state index is 0.153. The number of hydrogen-bond donors (Lipinski definition) is 1. The van der Waals surface area contributed by atoms with Gasteiger partial charge in [-0.15, -0.1) is 0 Å². The van der Waals surface area contributed by atoms with Gasteiger partial charge in [-0.2, -0.15) is 0 Å². The second-order valence-corrected chi connectivity index (χ2v) is 3.82. The molecular weight excluding hydrogens is 200 g/mol. The van der Waals surface area contributed by atoms with Gasteiger partial charge < -0.3 is 10.1 Å². The smallest absolute Gasteiger partial charge is 0.170 e. The predicted molar refractivity (Wildman–Crippen MR) is 65.3 cm³/mol. The highest BCUT2D eigenvalue weighted by atomic mass is 16.5. The molecule has 0 bridgehead atoms. The van der Waals surface area contributed by atoms with Crippen LogP contribution in [0.2, 0.25) is 0 Å². The Labute approximate surface area is 95.8 Å². The molecule has 1 N–H and O–H groups in total. The van der Waals surface area contributed by atoms with Crippen molar-refractivity contribution in [1.82, 2.24) is 5.32 Å². The van der Waals surface area contributed by atoms with E-state index in [2.05, 4.69) is 22.4 Å². The molecule has 0 fully saturated rings. The van der Waals surface area contributed by atoms with Gasteiger partial charge in [-0.1, -0.05) is 30.3 Å². The topological polar surface area (TPSA) is 33.6 Å². The Morgan fingerprint density at radius 1 is 1.31 bits per heavy atom. The summed E-state index contributed by atoms with van der Waals surface area (Å²) in [6.45, 7) is 1.95. The van der Waals surface area contributed by atoms with Crippen molar-refractivity contribution in [2.24, 2.45) is 4.99 Å². The number of aliphatic imine (C=N–C) groups is 1. The van der Waals surface area contributed by atoms with Crippen LogP contribution in [0.25, 0.3) is 0 Å². The Bertz CT molecular complexity index is 409. The summed E-state index contributed by atoms with van der Waals surface area (Å²) in [6.07, 6.45) is 2.74. The van der Waals surface area contributed by atoms with E-state index in [4.69, 9.17) is 4.74 Å². The van der Waals surface area contributed by atoms with Gasteiger partial charge in [0.25, 0.3) is 0 Å². The maximum atomic E-state index is 5.23. The molecule has 0 spiro atoms. The van der Waals surface area contributed by atoms with Crippen LogP contribution in [-0.4, -0.2) is 19.2 Å². The number of methoxy groups -OCH3 is 1. The Morgan fingerprint density at radius 2 is 2.06 bits per heavy atom. The van der Waals surface area contributed by atoms with E-state index in [1.807, 2.05) is 31.2 Å². The minimum Gasteiger partial charge on any atom is -0.356 e. The Morgan fingerprint density at radius 3 is 2.75 bits per heavy atom. The zero-order valence-corrected chi connectivity index (χ0v) is 9.60. The van der Waals surface area contributed by atoms with E-state index in [1.54, 1.807) is 7.11 Å². The molecule has 0 saturated heterocycles. The number of nitrogens with one attached hydrogen (secondary N) is 1. The summed E-state index contributed by atoms with van der Waals surface area (Å²) in [6, 6.07) is 10.4. The highest BCUT2D eigenvalue weighted by Crippen LogP contribution is 2.11. The molecule has 1 aliphatic rings. The normalized spacial score (nSPS) is 19.8. The molecule has 0 aromatic heterocycles. The van der Waals surface area contributed by atoms with Gasteiger partial charge in [0.1, 0.15) is 5.84 Å². The van der Waals surface area contributed by atoms with Crippen molar-refractivity contribution in [3.05, 3.63) is 47.7 Å². The average Bonchev–Trinajstić information content (AvgIpc) is 2.29. The molecule has 3 nitrogen and oxygen atoms in total. The lowest BCUT2D eigenvalue weighted by Crippen LogP contribution is -2.29. The number of hydrogen-bond acceptors (Lipinski definition) is 3. The number of ether oxygens (including phenoxy) is 1. The van der Waals surface area contributed by atoms with Crippen LogP contribution in [0, 0.1) is 0 Å². The molecule has 0 amide bonds. The molecule has 0 saturated carbocycles. The zero-order chi connectivity index (χ0) is 11.4. The predicted octanol–water partition coefficient (Wildman–Crippen LogP) is 2.11. The maximum Gasteiger partial charge on any atom is 0.170 e. The number of nitrogens with zero attached hydrogens (tertiary/aromatic N) is 1. The molecule has 2 rings (SSSR count). The third-order valence-electron chi connectivity index (χ3n) is 2.49. The second kappa shape index (κ2) is 4.94. The van der Waals surface area contributed by atoms with E-state index in [-0.39, 0.29) is 6.23 Å². The summed E-state index contributed by atoms with van der Waals surface area (Å²) < 4.78 is 5.23. The van der Waals surface area contributed by atoms with Crippen molar-refractivity contribution in [1.29, 1.82) is 0 Å². The number of amidine groups is 1. The first-order valence-corrected chi connectivity index (χ1v) is 5.37. The molecule has 16 heavy (non-hydrogen) atoms. The largest absolute Gasteiger partial charge is 0.356 e. The van der Waals surface area contributed by atoms with Gasteiger partial charge in [-0.25, -0.2) is 4.99 Å². The summed E-state index contributed by atoms with van der Waals surface area (Å²) in [5, 5.41) is 3.26. The molecule has 3 heteroatoms. The maximum absolute atomic E-state index is 5.23. The molecule has 1 aromatic carbocycles. The summed E-state index contributed by atoms with van der Waals surface area (Å²) in [4.78, 5) is 4.30. The average molecular weight is 216 g/mol. The number of rotatable bonds is 3. The van der Waals surface area contributed by atoms with Crippen LogP contribution < -0.4 is 5.32 Å². The monoisotopic (exact) mass is 216 g/mol. The van der Waals surface area contributed by atoms with Crippen LogP contribution in [0.5, 0.6) is 0 Å². The van der Waals surface area contributed by atoms with E-state index in [0.717, 1.165) is 18.0 Å². The molecule has 0 aliphatic carbocycles. The van der Waals surface area contributed by atoms with E-state index in [1.165, 1.54) is 5.56 Å². The SMILES string of the molecule is COC1C=C(Cc2ccccc2)NC(C)=N1. The van der Waals surface area contributed by atoms with Crippen molar-refractivity contribution in [2.75, 3.05) is 7.11 Å². The molecule has 84 valence electrons. The van der Waals surface area contributed by atoms with Crippen LogP contribution in [0.15, 0.2) is 47.1 Å². The second-order valence-electron chi connectivity index (χ2n) is 3.82. The van der Waals surface area contributed by atoms with Crippen LogP contribution in [-0.2, 0) is 11.2 Å². The van der Waals surface area contributed by atoms with Crippen LogP contribution >= 0.6 is 0 Å². The van der Waals surface area contributed by atoms with E-state index in [9.17, 15) is 0 Å². The van der Waals surface area contributed by atoms with Gasteiger partial charge >= 0.3 is 0 Å². The third-order valence-corrected chi connectivity index (χ3v) is 2.49. The molecule has 1 unspecified atom stereocenters. The van der Waals surface area contributed by atoms with Gasteiger partial charge in [0.15, 0.2) is 6.23 Å². The van der Waals surface area contributed by atoms with Crippen LogP contribution in [0.4, 0.5) is 0 Å². The number of allylic oxidation sites excluding steroid dienone is 1. The molecule has 1 aliphatic heterocycles. The van der Waals surface area contributed by atoms with Crippen molar-refractivity contribution in [3.63, 3.8) is 0 Å². The molecule has 1 atom stereocenters. The fourth-order valence-corrected chi connectivity index (χ4v) is 1.75. The zero-order valence-electron chi connectivity index (χ0n) is 9.60. The first kappa shape index (κ1) is 10.9. The fraction of sp³-hybridized carbons (Fsp3) is 0.308. The van der Waals surface area contributed by atoms with Gasteiger partial charge in [-0.05, 0) is 18.6 Å². The fourth-order valence-electron chi connectivity index (χ4n) is 1.75. The van der Waals surface area contributed by atoms with E-state index >= 15 is 0 Å². The molecule has 0 radical (unpaired) electrons. The van der Waals surface area contributed by atoms with E-state index < -0.39 is 0 Å². The summed E-state index contributed by atoms with van der Waals surface area (Å²) in [5.41, 5.74) is 2.43. The highest BCUT2D eigenvalue weighted by molar-refractivity contribution is 5.82. The van der Waals surface area contributed by atoms with Crippen LogP contribution in [0.1, 0.15) is 12.5 Å². The van der Waals surface area contributed by atoms with E-state index in [0.29, 0.717) is 0 Å². The number of benzene rings is 1. The lowest BCUT2D eigenvalue weighted by Gasteiger charge is -2.19. The van der Waals surface area contributed by atoms with Crippen molar-refractivity contribution in [3.8, 4) is 0 Å². The third kappa shape index (κ3) is 2.70. The standard InChI is InChI=1S/C13H16N2O/c1-10-14-12(9-13(15-10)16-2)8-11-6-4-3-5-7-11/h3-7,9,13H,8H2,1-2H3,(H,14,15). The van der Waals surface area contributed by atoms with Crippen molar-refractivity contribution in [2.45, 2.75) is 19.6 Å². The summed E-state index contributed by atoms with van der Waals surface area (Å²) >= 11 is 0. The van der Waals surface area contributed by atoms with Gasteiger partial charge in [0.2, 0.25) is 0 Å². The van der Waals surface area contributed by atoms with Crippen LogP contribution in [0.3, 0.4) is 0 Å². The van der Waals surface area contributed by atoms with Crippen molar-refractivity contribution >= 4 is 5.84 Å². The lowest BCUT2D eigenvalue weighted by molar-refractivity contribution is 0.146. The minimum atomic E-state index is -0.153. The van der Waals surface area contributed by atoms with Gasteiger partial charge in [0, 0.05) is 19.2 Å².